The minimum absolute atomic E-state index is 0.164. The zero-order valence-corrected chi connectivity index (χ0v) is 16.3. The number of Topliss-reactive ketones (excluding diaryl/α,β-unsaturated/α-hetero) is 1. The average molecular weight is 387 g/mol. The van der Waals surface area contributed by atoms with Crippen LogP contribution in [0.4, 0.5) is 0 Å². The van der Waals surface area contributed by atoms with Gasteiger partial charge < -0.3 is 13.8 Å². The van der Waals surface area contributed by atoms with Crippen LogP contribution in [-0.2, 0) is 11.8 Å². The summed E-state index contributed by atoms with van der Waals surface area (Å²) < 4.78 is 12.3. The van der Waals surface area contributed by atoms with Crippen LogP contribution in [0.1, 0.15) is 37.9 Å². The lowest BCUT2D eigenvalue weighted by Crippen LogP contribution is -2.15. The van der Waals surface area contributed by atoms with Crippen LogP contribution in [-0.4, -0.2) is 28.1 Å². The Morgan fingerprint density at radius 3 is 2.56 bits per heavy atom. The lowest BCUT2D eigenvalue weighted by Gasteiger charge is -2.06. The van der Waals surface area contributed by atoms with Gasteiger partial charge in [0.25, 0.3) is 0 Å². The lowest BCUT2D eigenvalue weighted by molar-refractivity contribution is 0.0473. The van der Waals surface area contributed by atoms with Gasteiger partial charge >= 0.3 is 5.97 Å². The molecule has 1 aromatic carbocycles. The second kappa shape index (κ2) is 7.40. The van der Waals surface area contributed by atoms with E-state index in [9.17, 15) is 9.59 Å². The van der Waals surface area contributed by atoms with E-state index in [0.717, 1.165) is 11.4 Å². The number of hydrogen-bond donors (Lipinski definition) is 0. The summed E-state index contributed by atoms with van der Waals surface area (Å²) in [5.74, 6) is -0.644. The largest absolute Gasteiger partial charge is 0.454 e. The van der Waals surface area contributed by atoms with Crippen molar-refractivity contribution in [2.45, 2.75) is 20.8 Å². The number of hydrogen-bond acceptors (Lipinski definition) is 5. The fourth-order valence-electron chi connectivity index (χ4n) is 2.87. The van der Waals surface area contributed by atoms with E-state index in [1.165, 1.54) is 0 Å². The van der Waals surface area contributed by atoms with Gasteiger partial charge in [-0.1, -0.05) is 35.0 Å². The third kappa shape index (κ3) is 3.53. The van der Waals surface area contributed by atoms with E-state index >= 15 is 0 Å². The monoisotopic (exact) mass is 386 g/mol. The van der Waals surface area contributed by atoms with E-state index in [1.807, 2.05) is 25.5 Å². The summed E-state index contributed by atoms with van der Waals surface area (Å²) in [5.41, 5.74) is 3.34. The molecule has 2 heterocycles. The Labute approximate surface area is 161 Å². The third-order valence-corrected chi connectivity index (χ3v) is 4.94. The van der Waals surface area contributed by atoms with Crippen molar-refractivity contribution in [3.63, 3.8) is 0 Å². The third-order valence-electron chi connectivity index (χ3n) is 4.61. The molecule has 2 aromatic heterocycles. The summed E-state index contributed by atoms with van der Waals surface area (Å²) >= 11 is 6.20. The summed E-state index contributed by atoms with van der Waals surface area (Å²) in [6.45, 7) is 5.00. The van der Waals surface area contributed by atoms with Crippen molar-refractivity contribution in [2.24, 2.45) is 7.05 Å². The number of halogens is 1. The normalized spacial score (nSPS) is 10.9. The van der Waals surface area contributed by atoms with Gasteiger partial charge in [-0.05, 0) is 32.9 Å². The number of esters is 1. The molecule has 0 N–H and O–H groups in total. The molecule has 0 aliphatic rings. The minimum Gasteiger partial charge on any atom is -0.454 e. The van der Waals surface area contributed by atoms with E-state index in [2.05, 4.69) is 5.16 Å². The minimum atomic E-state index is -0.678. The van der Waals surface area contributed by atoms with Crippen LogP contribution in [0, 0.1) is 20.8 Å². The molecule has 0 aliphatic heterocycles. The number of carbonyl (C=O) groups is 2. The topological polar surface area (TPSA) is 74.3 Å². The second-order valence-corrected chi connectivity index (χ2v) is 6.69. The number of ketones is 1. The number of aromatic nitrogens is 2. The number of carbonyl (C=O) groups excluding carboxylic acids is 2. The van der Waals surface area contributed by atoms with Crippen molar-refractivity contribution in [2.75, 3.05) is 6.61 Å². The molecule has 0 unspecified atom stereocenters. The second-order valence-electron chi connectivity index (χ2n) is 6.29. The molecule has 0 bridgehead atoms. The smallest absolute Gasteiger partial charge is 0.344 e. The van der Waals surface area contributed by atoms with Crippen molar-refractivity contribution < 1.29 is 18.8 Å². The van der Waals surface area contributed by atoms with Crippen LogP contribution in [0.2, 0.25) is 5.02 Å². The molecule has 3 aromatic rings. The van der Waals surface area contributed by atoms with Crippen LogP contribution in [0.5, 0.6) is 0 Å². The summed E-state index contributed by atoms with van der Waals surface area (Å²) in [4.78, 5) is 25.1. The molecule has 0 fully saturated rings. The molecule has 0 spiro atoms. The fraction of sp³-hybridized carbons (Fsp3) is 0.250. The molecule has 0 saturated carbocycles. The molecule has 0 atom stereocenters. The lowest BCUT2D eigenvalue weighted by atomic mass is 10.1. The molecular weight excluding hydrogens is 368 g/mol. The van der Waals surface area contributed by atoms with Gasteiger partial charge in [-0.25, -0.2) is 4.79 Å². The first-order chi connectivity index (χ1) is 12.8. The van der Waals surface area contributed by atoms with Crippen LogP contribution in [0.15, 0.2) is 34.9 Å². The maximum Gasteiger partial charge on any atom is 0.344 e. The molecule has 0 radical (unpaired) electrons. The highest BCUT2D eigenvalue weighted by Gasteiger charge is 2.25. The van der Waals surface area contributed by atoms with Crippen LogP contribution >= 0.6 is 11.6 Å². The van der Waals surface area contributed by atoms with Gasteiger partial charge in [0.2, 0.25) is 5.78 Å². The van der Waals surface area contributed by atoms with Gasteiger partial charge in [-0.2, -0.15) is 0 Å². The maximum absolute atomic E-state index is 12.6. The zero-order valence-electron chi connectivity index (χ0n) is 15.5. The average Bonchev–Trinajstić information content (AvgIpc) is 3.15. The number of ether oxygens (including phenoxy) is 1. The van der Waals surface area contributed by atoms with Crippen molar-refractivity contribution in [1.29, 1.82) is 0 Å². The first-order valence-corrected chi connectivity index (χ1v) is 8.73. The molecule has 3 rings (SSSR count). The van der Waals surface area contributed by atoms with Crippen LogP contribution in [0.3, 0.4) is 0 Å². The van der Waals surface area contributed by atoms with Gasteiger partial charge in [0.05, 0.1) is 5.02 Å². The van der Waals surface area contributed by atoms with Crippen LogP contribution < -0.4 is 0 Å². The zero-order chi connectivity index (χ0) is 19.7. The molecule has 140 valence electrons. The molecule has 7 heteroatoms. The van der Waals surface area contributed by atoms with Crippen molar-refractivity contribution >= 4 is 23.4 Å². The molecule has 0 amide bonds. The van der Waals surface area contributed by atoms with Crippen molar-refractivity contribution in [1.82, 2.24) is 9.72 Å². The van der Waals surface area contributed by atoms with Gasteiger partial charge in [-0.15, -0.1) is 0 Å². The number of nitrogens with zero attached hydrogens (tertiary/aromatic N) is 2. The highest BCUT2D eigenvalue weighted by Crippen LogP contribution is 2.31. The standard InChI is InChI=1S/C20H19ClN2O4/c1-11-9-15(12(2)23(11)4)17(24)10-26-20(25)18-13(3)27-22-19(18)14-7-5-6-8-16(14)21/h5-9H,10H2,1-4H3. The van der Waals surface area contributed by atoms with Crippen LogP contribution in [0.25, 0.3) is 11.3 Å². The Morgan fingerprint density at radius 2 is 1.93 bits per heavy atom. The van der Waals surface area contributed by atoms with Crippen molar-refractivity contribution in [3.05, 3.63) is 63.6 Å². The Bertz CT molecular complexity index is 1030. The Morgan fingerprint density at radius 1 is 1.22 bits per heavy atom. The summed E-state index contributed by atoms with van der Waals surface area (Å²) in [6.07, 6.45) is 0. The van der Waals surface area contributed by atoms with Gasteiger partial charge in [0, 0.05) is 29.6 Å². The van der Waals surface area contributed by atoms with E-state index in [1.54, 1.807) is 37.3 Å². The molecule has 6 nitrogen and oxygen atoms in total. The SMILES string of the molecule is Cc1onc(-c2ccccc2Cl)c1C(=O)OCC(=O)c1cc(C)n(C)c1C. The van der Waals surface area contributed by atoms with Gasteiger partial charge in [0.15, 0.2) is 6.61 Å². The number of aryl methyl sites for hydroxylation is 2. The summed E-state index contributed by atoms with van der Waals surface area (Å²) in [7, 11) is 1.88. The fourth-order valence-corrected chi connectivity index (χ4v) is 3.09. The Balaban J connectivity index is 1.81. The molecule has 27 heavy (non-hydrogen) atoms. The first kappa shape index (κ1) is 18.9. The summed E-state index contributed by atoms with van der Waals surface area (Å²) in [6, 6.07) is 8.77. The predicted octanol–water partition coefficient (Wildman–Crippen LogP) is 4.30. The number of benzene rings is 1. The molecular formula is C20H19ClN2O4. The predicted molar refractivity (Wildman–Crippen MR) is 101 cm³/mol. The maximum atomic E-state index is 12.6. The van der Waals surface area contributed by atoms with E-state index in [4.69, 9.17) is 20.9 Å². The van der Waals surface area contributed by atoms with Gasteiger partial charge in [0.1, 0.15) is 17.0 Å². The first-order valence-electron chi connectivity index (χ1n) is 8.35. The Kier molecular flexibility index (Phi) is 5.19. The van der Waals surface area contributed by atoms with Gasteiger partial charge in [-0.3, -0.25) is 4.79 Å². The quantitative estimate of drug-likeness (QED) is 0.482. The van der Waals surface area contributed by atoms with Crippen molar-refractivity contribution in [3.8, 4) is 11.3 Å². The highest BCUT2D eigenvalue weighted by molar-refractivity contribution is 6.33. The number of rotatable bonds is 5. The Hall–Kier alpha value is -2.86. The summed E-state index contributed by atoms with van der Waals surface area (Å²) in [5, 5.41) is 4.37. The van der Waals surface area contributed by atoms with E-state index in [-0.39, 0.29) is 18.0 Å². The van der Waals surface area contributed by atoms with E-state index in [0.29, 0.717) is 27.6 Å². The molecule has 0 aliphatic carbocycles. The highest BCUT2D eigenvalue weighted by atomic mass is 35.5. The molecule has 0 saturated heterocycles. The van der Waals surface area contributed by atoms with E-state index < -0.39 is 5.97 Å².